The molecular formula is C23H25FN4O3. The van der Waals surface area contributed by atoms with E-state index < -0.39 is 11.7 Å². The number of hydrogen-bond acceptors (Lipinski definition) is 3. The molecule has 3 aromatic rings. The van der Waals surface area contributed by atoms with Gasteiger partial charge in [0.1, 0.15) is 5.82 Å². The van der Waals surface area contributed by atoms with Gasteiger partial charge in [0.05, 0.1) is 17.6 Å². The number of aliphatic hydroxyl groups is 1. The number of aromatic nitrogens is 2. The molecule has 2 amide bonds. The van der Waals surface area contributed by atoms with Crippen LogP contribution in [0.3, 0.4) is 0 Å². The van der Waals surface area contributed by atoms with Crippen molar-refractivity contribution in [3.8, 4) is 0 Å². The van der Waals surface area contributed by atoms with Crippen LogP contribution in [0.4, 0.5) is 4.39 Å². The molecule has 3 N–H and O–H groups in total. The molecule has 162 valence electrons. The normalized spacial score (nSPS) is 19.5. The lowest BCUT2D eigenvalue weighted by Gasteiger charge is -2.30. The van der Waals surface area contributed by atoms with Gasteiger partial charge in [-0.05, 0) is 67.6 Å². The van der Waals surface area contributed by atoms with Crippen LogP contribution in [0.25, 0.3) is 11.0 Å². The average Bonchev–Trinajstić information content (AvgIpc) is 3.11. The lowest BCUT2D eigenvalue weighted by atomic mass is 9.91. The van der Waals surface area contributed by atoms with Crippen LogP contribution in [0.1, 0.15) is 54.6 Å². The van der Waals surface area contributed by atoms with Gasteiger partial charge in [0.15, 0.2) is 0 Å². The molecule has 1 aliphatic carbocycles. The Labute approximate surface area is 178 Å². The Morgan fingerprint density at radius 1 is 1.16 bits per heavy atom. The maximum Gasteiger partial charge on any atom is 0.280 e. The van der Waals surface area contributed by atoms with Crippen molar-refractivity contribution in [1.29, 1.82) is 0 Å². The van der Waals surface area contributed by atoms with Crippen LogP contribution < -0.4 is 10.9 Å². The minimum atomic E-state index is -0.463. The van der Waals surface area contributed by atoms with E-state index in [-0.39, 0.29) is 24.6 Å². The minimum absolute atomic E-state index is 0.0311. The van der Waals surface area contributed by atoms with Gasteiger partial charge >= 0.3 is 0 Å². The second-order valence-corrected chi connectivity index (χ2v) is 7.96. The fraction of sp³-hybridized carbons (Fsp3) is 0.348. The van der Waals surface area contributed by atoms with E-state index in [9.17, 15) is 19.1 Å². The van der Waals surface area contributed by atoms with Crippen LogP contribution in [0.15, 0.2) is 47.5 Å². The van der Waals surface area contributed by atoms with E-state index in [1.165, 1.54) is 31.2 Å². The number of nitrogens with one attached hydrogen (secondary N) is 2. The highest BCUT2D eigenvalue weighted by Gasteiger charge is 2.25. The number of fused-ring (bicyclic) bond motifs is 1. The van der Waals surface area contributed by atoms with Crippen molar-refractivity contribution < 1.29 is 19.1 Å². The molecule has 0 aliphatic heterocycles. The highest BCUT2D eigenvalue weighted by atomic mass is 19.1. The third-order valence-corrected chi connectivity index (χ3v) is 5.75. The Morgan fingerprint density at radius 3 is 2.52 bits per heavy atom. The van der Waals surface area contributed by atoms with Crippen molar-refractivity contribution in [2.75, 3.05) is 0 Å². The van der Waals surface area contributed by atoms with Gasteiger partial charge in [-0.25, -0.2) is 4.39 Å². The summed E-state index contributed by atoms with van der Waals surface area (Å²) >= 11 is 0. The molecule has 0 atom stereocenters. The first-order valence-corrected chi connectivity index (χ1v) is 10.4. The summed E-state index contributed by atoms with van der Waals surface area (Å²) in [5.41, 5.74) is 3.16. The fourth-order valence-electron chi connectivity index (χ4n) is 4.25. The number of halogens is 1. The van der Waals surface area contributed by atoms with Gasteiger partial charge in [-0.3, -0.25) is 9.59 Å². The number of aliphatic hydroxyl groups excluding tert-OH is 1. The van der Waals surface area contributed by atoms with Gasteiger partial charge in [0.25, 0.3) is 5.91 Å². The van der Waals surface area contributed by atoms with Gasteiger partial charge in [-0.15, -0.1) is 0 Å². The van der Waals surface area contributed by atoms with Crippen LogP contribution in [0.5, 0.6) is 0 Å². The van der Waals surface area contributed by atoms with Crippen LogP contribution in [-0.4, -0.2) is 32.5 Å². The third-order valence-electron chi connectivity index (χ3n) is 5.75. The standard InChI is InChI=1S/C23H25FN4O3/c1-14(30)25-18-7-9-19(10-8-18)28-21-12-15(13-29)2-11-20(21)26-23(28)27-22(31)16-3-5-17(24)6-4-16/h2-6,11-12,18-19,29H,7-10,13H2,1H3,(H,25,30)(H,26,27,31)/t18-,19-. The molecule has 4 rings (SSSR count). The second-order valence-electron chi connectivity index (χ2n) is 7.96. The van der Waals surface area contributed by atoms with Crippen LogP contribution in [0, 0.1) is 5.82 Å². The summed E-state index contributed by atoms with van der Waals surface area (Å²) in [6.07, 6.45) is 3.29. The maximum atomic E-state index is 13.2. The van der Waals surface area contributed by atoms with E-state index in [0.29, 0.717) is 11.2 Å². The smallest absolute Gasteiger partial charge is 0.280 e. The number of carbonyl (C=O) groups excluding carboxylic acids is 2. The Bertz CT molecular complexity index is 1170. The van der Waals surface area contributed by atoms with Crippen molar-refractivity contribution in [1.82, 2.24) is 14.9 Å². The molecule has 1 fully saturated rings. The Kier molecular flexibility index (Phi) is 5.99. The molecule has 7 nitrogen and oxygen atoms in total. The maximum absolute atomic E-state index is 13.2. The number of imidazole rings is 1. The molecule has 0 spiro atoms. The zero-order chi connectivity index (χ0) is 22.0. The molecule has 31 heavy (non-hydrogen) atoms. The van der Waals surface area contributed by atoms with Gasteiger partial charge in [-0.1, -0.05) is 6.07 Å². The zero-order valence-electron chi connectivity index (χ0n) is 17.3. The number of rotatable bonds is 4. The molecule has 1 aromatic heterocycles. The first-order valence-electron chi connectivity index (χ1n) is 10.4. The second kappa shape index (κ2) is 8.85. The lowest BCUT2D eigenvalue weighted by molar-refractivity contribution is -0.119. The van der Waals surface area contributed by atoms with Crippen LogP contribution >= 0.6 is 0 Å². The average molecular weight is 424 g/mol. The molecular weight excluding hydrogens is 399 g/mol. The van der Waals surface area contributed by atoms with Gasteiger partial charge < -0.3 is 20.0 Å². The van der Waals surface area contributed by atoms with Gasteiger partial charge in [0.2, 0.25) is 11.5 Å². The molecule has 1 aliphatic rings. The number of H-pyrrole nitrogens is 1. The van der Waals surface area contributed by atoms with E-state index in [4.69, 9.17) is 0 Å². The summed E-state index contributed by atoms with van der Waals surface area (Å²) < 4.78 is 15.2. The van der Waals surface area contributed by atoms with E-state index in [1.54, 1.807) is 0 Å². The van der Waals surface area contributed by atoms with Crippen LogP contribution in [0.2, 0.25) is 0 Å². The van der Waals surface area contributed by atoms with E-state index in [1.807, 2.05) is 22.8 Å². The molecule has 1 saturated carbocycles. The highest BCUT2D eigenvalue weighted by Crippen LogP contribution is 2.30. The monoisotopic (exact) mass is 424 g/mol. The molecule has 0 saturated heterocycles. The Hall–Kier alpha value is -3.26. The first-order chi connectivity index (χ1) is 14.9. The highest BCUT2D eigenvalue weighted by molar-refractivity contribution is 5.94. The van der Waals surface area contributed by atoms with Crippen molar-refractivity contribution in [2.45, 2.75) is 51.3 Å². The molecule has 0 unspecified atom stereocenters. The van der Waals surface area contributed by atoms with Gasteiger partial charge in [-0.2, -0.15) is 4.99 Å². The van der Waals surface area contributed by atoms with Crippen LogP contribution in [-0.2, 0) is 11.4 Å². The third kappa shape index (κ3) is 4.59. The summed E-state index contributed by atoms with van der Waals surface area (Å²) in [7, 11) is 0. The summed E-state index contributed by atoms with van der Waals surface area (Å²) in [4.78, 5) is 31.6. The lowest BCUT2D eigenvalue weighted by Crippen LogP contribution is -2.38. The zero-order valence-corrected chi connectivity index (χ0v) is 17.3. The largest absolute Gasteiger partial charge is 0.392 e. The fourth-order valence-corrected chi connectivity index (χ4v) is 4.25. The van der Waals surface area contributed by atoms with E-state index in [0.717, 1.165) is 42.3 Å². The summed E-state index contributed by atoms with van der Waals surface area (Å²) in [6, 6.07) is 11.1. The topological polar surface area (TPSA) is 99.5 Å². The number of carbonyl (C=O) groups is 2. The first kappa shape index (κ1) is 21.0. The predicted molar refractivity (Wildman–Crippen MR) is 114 cm³/mol. The summed E-state index contributed by atoms with van der Waals surface area (Å²) in [6.45, 7) is 1.44. The predicted octanol–water partition coefficient (Wildman–Crippen LogP) is 2.96. The number of amides is 2. The van der Waals surface area contributed by atoms with Crippen molar-refractivity contribution in [2.24, 2.45) is 4.99 Å². The molecule has 1 heterocycles. The SMILES string of the molecule is CC(=O)N[C@H]1CC[C@H](n2/c(=N/C(=O)c3ccc(F)cc3)[nH]c3ccc(CO)cc32)CC1. The van der Waals surface area contributed by atoms with Crippen molar-refractivity contribution in [3.63, 3.8) is 0 Å². The molecule has 0 bridgehead atoms. The van der Waals surface area contributed by atoms with Crippen molar-refractivity contribution in [3.05, 3.63) is 65.0 Å². The van der Waals surface area contributed by atoms with E-state index >= 15 is 0 Å². The number of hydrogen-bond donors (Lipinski definition) is 3. The number of aromatic amines is 1. The summed E-state index contributed by atoms with van der Waals surface area (Å²) in [5, 5.41) is 12.6. The summed E-state index contributed by atoms with van der Waals surface area (Å²) in [5.74, 6) is -0.907. The van der Waals surface area contributed by atoms with E-state index in [2.05, 4.69) is 15.3 Å². The Morgan fingerprint density at radius 2 is 1.87 bits per heavy atom. The number of nitrogens with zero attached hydrogens (tertiary/aromatic N) is 2. The molecule has 2 aromatic carbocycles. The quantitative estimate of drug-likeness (QED) is 0.600. The minimum Gasteiger partial charge on any atom is -0.392 e. The van der Waals surface area contributed by atoms with Crippen molar-refractivity contribution >= 4 is 22.8 Å². The van der Waals surface area contributed by atoms with Gasteiger partial charge in [0, 0.05) is 24.6 Å². The Balaban J connectivity index is 1.74. The molecule has 0 radical (unpaired) electrons. The number of benzene rings is 2. The molecule has 8 heteroatoms.